The molecule has 0 spiro atoms. The van der Waals surface area contributed by atoms with E-state index in [1.807, 2.05) is 17.4 Å². The van der Waals surface area contributed by atoms with Crippen molar-refractivity contribution >= 4 is 5.91 Å². The third-order valence-corrected chi connectivity index (χ3v) is 3.51. The fraction of sp³-hybridized carbons (Fsp3) is 0.571. The maximum atomic E-state index is 11.7. The van der Waals surface area contributed by atoms with E-state index in [2.05, 4.69) is 11.0 Å². The van der Waals surface area contributed by atoms with Crippen LogP contribution in [-0.4, -0.2) is 67.3 Å². The Morgan fingerprint density at radius 2 is 2.11 bits per heavy atom. The van der Waals surface area contributed by atoms with Crippen LogP contribution in [0.5, 0.6) is 0 Å². The highest BCUT2D eigenvalue weighted by Crippen LogP contribution is 2.22. The van der Waals surface area contributed by atoms with Gasteiger partial charge in [-0.3, -0.25) is 4.79 Å². The van der Waals surface area contributed by atoms with E-state index >= 15 is 0 Å². The summed E-state index contributed by atoms with van der Waals surface area (Å²) in [7, 11) is 1.54. The molecule has 1 aliphatic carbocycles. The van der Waals surface area contributed by atoms with Crippen molar-refractivity contribution in [1.29, 1.82) is 0 Å². The number of carbonyl (C=O) groups is 1. The fourth-order valence-electron chi connectivity index (χ4n) is 2.48. The topological polar surface area (TPSA) is 53.0 Å². The maximum absolute atomic E-state index is 11.7. The SMILES string of the molecule is COCC(=O)N1CCN(C2=CC[CH]C=C2CO)CC1. The van der Waals surface area contributed by atoms with Crippen molar-refractivity contribution in [3.63, 3.8) is 0 Å². The second kappa shape index (κ2) is 6.73. The summed E-state index contributed by atoms with van der Waals surface area (Å²) in [6, 6.07) is 0. The average Bonchev–Trinajstić information content (AvgIpc) is 2.47. The van der Waals surface area contributed by atoms with Gasteiger partial charge in [-0.05, 0) is 18.4 Å². The summed E-state index contributed by atoms with van der Waals surface area (Å²) in [6.45, 7) is 3.24. The Balaban J connectivity index is 1.91. The van der Waals surface area contributed by atoms with Gasteiger partial charge in [0.15, 0.2) is 0 Å². The number of hydrogen-bond donors (Lipinski definition) is 1. The number of allylic oxidation sites excluding steroid dienone is 2. The lowest BCUT2D eigenvalue weighted by Gasteiger charge is -2.38. The summed E-state index contributed by atoms with van der Waals surface area (Å²) < 4.78 is 4.87. The van der Waals surface area contributed by atoms with Gasteiger partial charge in [0.2, 0.25) is 5.91 Å². The molecule has 19 heavy (non-hydrogen) atoms. The highest BCUT2D eigenvalue weighted by atomic mass is 16.5. The van der Waals surface area contributed by atoms with Crippen LogP contribution in [0.3, 0.4) is 0 Å². The van der Waals surface area contributed by atoms with Gasteiger partial charge in [-0.2, -0.15) is 0 Å². The Kier molecular flexibility index (Phi) is 4.99. The zero-order chi connectivity index (χ0) is 13.7. The van der Waals surface area contributed by atoms with Crippen LogP contribution >= 0.6 is 0 Å². The minimum Gasteiger partial charge on any atom is -0.392 e. The van der Waals surface area contributed by atoms with Gasteiger partial charge in [-0.25, -0.2) is 0 Å². The molecule has 0 bridgehead atoms. The molecule has 5 nitrogen and oxygen atoms in total. The number of ether oxygens (including phenoxy) is 1. The highest BCUT2D eigenvalue weighted by Gasteiger charge is 2.23. The molecule has 0 aromatic heterocycles. The van der Waals surface area contributed by atoms with Crippen molar-refractivity contribution in [3.8, 4) is 0 Å². The molecule has 1 aliphatic heterocycles. The lowest BCUT2D eigenvalue weighted by Crippen LogP contribution is -2.49. The number of hydrogen-bond acceptors (Lipinski definition) is 4. The first kappa shape index (κ1) is 14.1. The molecule has 0 unspecified atom stereocenters. The number of rotatable bonds is 4. The standard InChI is InChI=1S/C14H21N2O3/c1-19-11-14(18)16-8-6-15(7-9-16)13-5-3-2-4-12(13)10-17/h2,4-5,17H,3,6-11H2,1H3. The molecule has 5 heteroatoms. The third kappa shape index (κ3) is 3.36. The van der Waals surface area contributed by atoms with Crippen molar-refractivity contribution in [2.24, 2.45) is 0 Å². The van der Waals surface area contributed by atoms with Gasteiger partial charge in [0.05, 0.1) is 6.61 Å². The van der Waals surface area contributed by atoms with Gasteiger partial charge in [0.1, 0.15) is 6.61 Å². The monoisotopic (exact) mass is 265 g/mol. The number of methoxy groups -OCH3 is 1. The second-order valence-corrected chi connectivity index (χ2v) is 4.71. The van der Waals surface area contributed by atoms with Crippen LogP contribution in [-0.2, 0) is 9.53 Å². The minimum atomic E-state index is 0.0473. The van der Waals surface area contributed by atoms with E-state index in [1.54, 1.807) is 0 Å². The van der Waals surface area contributed by atoms with Crippen LogP contribution in [0.15, 0.2) is 23.4 Å². The highest BCUT2D eigenvalue weighted by molar-refractivity contribution is 5.77. The first-order valence-electron chi connectivity index (χ1n) is 6.61. The molecule has 105 valence electrons. The minimum absolute atomic E-state index is 0.0473. The van der Waals surface area contributed by atoms with Crippen molar-refractivity contribution in [1.82, 2.24) is 9.80 Å². The molecule has 2 aliphatic rings. The molecule has 1 N–H and O–H groups in total. The van der Waals surface area contributed by atoms with Crippen LogP contribution in [0.2, 0.25) is 0 Å². The summed E-state index contributed by atoms with van der Waals surface area (Å²) in [4.78, 5) is 15.8. The molecule has 0 aromatic rings. The van der Waals surface area contributed by atoms with E-state index in [1.165, 1.54) is 7.11 Å². The Hall–Kier alpha value is -1.33. The van der Waals surface area contributed by atoms with Crippen LogP contribution in [0.25, 0.3) is 0 Å². The molecular formula is C14H21N2O3. The van der Waals surface area contributed by atoms with Gasteiger partial charge in [-0.1, -0.05) is 12.2 Å². The fourth-order valence-corrected chi connectivity index (χ4v) is 2.48. The van der Waals surface area contributed by atoms with E-state index in [0.717, 1.165) is 30.8 Å². The van der Waals surface area contributed by atoms with Gasteiger partial charge < -0.3 is 19.6 Å². The number of amides is 1. The molecular weight excluding hydrogens is 244 g/mol. The number of aliphatic hydroxyl groups is 1. The molecule has 1 fully saturated rings. The summed E-state index contributed by atoms with van der Waals surface area (Å²) in [6.07, 6.45) is 7.07. The van der Waals surface area contributed by atoms with E-state index in [-0.39, 0.29) is 19.1 Å². The van der Waals surface area contributed by atoms with Crippen LogP contribution in [0.1, 0.15) is 6.42 Å². The van der Waals surface area contributed by atoms with Crippen molar-refractivity contribution < 1.29 is 14.6 Å². The molecule has 1 heterocycles. The average molecular weight is 265 g/mol. The zero-order valence-corrected chi connectivity index (χ0v) is 11.3. The van der Waals surface area contributed by atoms with E-state index in [4.69, 9.17) is 4.74 Å². The van der Waals surface area contributed by atoms with Crippen molar-refractivity contribution in [2.45, 2.75) is 6.42 Å². The molecule has 1 radical (unpaired) electrons. The van der Waals surface area contributed by atoms with Crippen LogP contribution < -0.4 is 0 Å². The predicted octanol–water partition coefficient (Wildman–Crippen LogP) is 0.188. The first-order chi connectivity index (χ1) is 9.26. The zero-order valence-electron chi connectivity index (χ0n) is 11.3. The second-order valence-electron chi connectivity index (χ2n) is 4.71. The van der Waals surface area contributed by atoms with Gasteiger partial charge in [0.25, 0.3) is 0 Å². The number of aliphatic hydroxyl groups excluding tert-OH is 1. The lowest BCUT2D eigenvalue weighted by atomic mass is 10.0. The molecule has 2 rings (SSSR count). The number of nitrogens with zero attached hydrogens (tertiary/aromatic N) is 2. The lowest BCUT2D eigenvalue weighted by molar-refractivity contribution is -0.136. The van der Waals surface area contributed by atoms with Crippen molar-refractivity contribution in [2.75, 3.05) is 46.5 Å². The largest absolute Gasteiger partial charge is 0.392 e. The van der Waals surface area contributed by atoms with E-state index in [9.17, 15) is 9.90 Å². The molecule has 1 amide bonds. The Bertz CT molecular complexity index is 382. The summed E-state index contributed by atoms with van der Waals surface area (Å²) in [5, 5.41) is 9.37. The molecule has 0 saturated carbocycles. The number of piperazine rings is 1. The summed E-state index contributed by atoms with van der Waals surface area (Å²) in [5.74, 6) is 0.0473. The van der Waals surface area contributed by atoms with Gasteiger partial charge in [0, 0.05) is 39.0 Å². The maximum Gasteiger partial charge on any atom is 0.248 e. The first-order valence-corrected chi connectivity index (χ1v) is 6.61. The molecule has 0 aromatic carbocycles. The third-order valence-electron chi connectivity index (χ3n) is 3.51. The Labute approximate surface area is 114 Å². The Morgan fingerprint density at radius 1 is 1.37 bits per heavy atom. The van der Waals surface area contributed by atoms with E-state index < -0.39 is 0 Å². The van der Waals surface area contributed by atoms with Gasteiger partial charge in [-0.15, -0.1) is 0 Å². The quantitative estimate of drug-likeness (QED) is 0.788. The summed E-state index contributed by atoms with van der Waals surface area (Å²) in [5.41, 5.74) is 2.08. The summed E-state index contributed by atoms with van der Waals surface area (Å²) >= 11 is 0. The molecule has 1 saturated heterocycles. The van der Waals surface area contributed by atoms with Crippen molar-refractivity contribution in [3.05, 3.63) is 29.8 Å². The normalized spacial score (nSPS) is 20.1. The smallest absolute Gasteiger partial charge is 0.248 e. The molecule has 0 atom stereocenters. The Morgan fingerprint density at radius 3 is 2.74 bits per heavy atom. The van der Waals surface area contributed by atoms with E-state index in [0.29, 0.717) is 13.1 Å². The number of carbonyl (C=O) groups excluding carboxylic acids is 1. The van der Waals surface area contributed by atoms with Crippen LogP contribution in [0.4, 0.5) is 0 Å². The van der Waals surface area contributed by atoms with Crippen LogP contribution in [0, 0.1) is 6.42 Å². The predicted molar refractivity (Wildman–Crippen MR) is 72.2 cm³/mol. The van der Waals surface area contributed by atoms with Gasteiger partial charge >= 0.3 is 0 Å².